The van der Waals surface area contributed by atoms with Crippen molar-refractivity contribution in [2.24, 2.45) is 0 Å². The Morgan fingerprint density at radius 1 is 0.344 bits per heavy atom. The summed E-state index contributed by atoms with van der Waals surface area (Å²) < 4.78 is 16.7. The zero-order valence-electron chi connectivity index (χ0n) is 40.2. The lowest BCUT2D eigenvalue weighted by Crippen LogP contribution is -2.30. The van der Waals surface area contributed by atoms with Gasteiger partial charge in [-0.05, 0) is 77.0 Å². The molecule has 1 atom stereocenters. The second-order valence-electron chi connectivity index (χ2n) is 17.1. The summed E-state index contributed by atoms with van der Waals surface area (Å²) in [6.45, 7) is 6.55. The maximum absolute atomic E-state index is 12.8. The van der Waals surface area contributed by atoms with Crippen LogP contribution in [0.2, 0.25) is 0 Å². The molecule has 0 saturated carbocycles. The number of rotatable bonds is 46. The molecular weight excluding hydrogens is 757 g/mol. The van der Waals surface area contributed by atoms with E-state index in [-0.39, 0.29) is 44.0 Å². The number of hydrogen-bond donors (Lipinski definition) is 0. The smallest absolute Gasteiger partial charge is 0.306 e. The Morgan fingerprint density at radius 3 is 1.10 bits per heavy atom. The Bertz CT molecular complexity index is 1120. The van der Waals surface area contributed by atoms with Gasteiger partial charge in [-0.2, -0.15) is 0 Å². The third-order valence-corrected chi connectivity index (χ3v) is 11.0. The summed E-state index contributed by atoms with van der Waals surface area (Å²) in [5.74, 6) is -0.979. The van der Waals surface area contributed by atoms with Gasteiger partial charge in [-0.1, -0.05) is 216 Å². The van der Waals surface area contributed by atoms with E-state index in [1.165, 1.54) is 135 Å². The first-order valence-electron chi connectivity index (χ1n) is 25.8. The Morgan fingerprint density at radius 2 is 0.656 bits per heavy atom. The average Bonchev–Trinajstić information content (AvgIpc) is 3.26. The summed E-state index contributed by atoms with van der Waals surface area (Å²) >= 11 is 0. The molecule has 0 heterocycles. The van der Waals surface area contributed by atoms with E-state index in [9.17, 15) is 14.4 Å². The van der Waals surface area contributed by atoms with E-state index in [1.54, 1.807) is 0 Å². The van der Waals surface area contributed by atoms with Crippen LogP contribution < -0.4 is 0 Å². The first-order chi connectivity index (χ1) is 30.0. The van der Waals surface area contributed by atoms with E-state index < -0.39 is 6.10 Å². The van der Waals surface area contributed by atoms with E-state index in [0.29, 0.717) is 12.8 Å². The highest BCUT2D eigenvalue weighted by atomic mass is 16.6. The molecule has 0 radical (unpaired) electrons. The van der Waals surface area contributed by atoms with Crippen molar-refractivity contribution < 1.29 is 28.6 Å². The van der Waals surface area contributed by atoms with Crippen LogP contribution in [0.1, 0.15) is 252 Å². The van der Waals surface area contributed by atoms with Crippen molar-refractivity contribution in [2.75, 3.05) is 13.2 Å². The van der Waals surface area contributed by atoms with Crippen LogP contribution in [-0.2, 0) is 28.6 Å². The molecule has 0 rings (SSSR count). The van der Waals surface area contributed by atoms with E-state index >= 15 is 0 Å². The fourth-order valence-corrected chi connectivity index (χ4v) is 7.10. The summed E-state index contributed by atoms with van der Waals surface area (Å²) in [7, 11) is 0. The van der Waals surface area contributed by atoms with E-state index in [4.69, 9.17) is 14.2 Å². The third kappa shape index (κ3) is 48.0. The molecule has 6 heteroatoms. The van der Waals surface area contributed by atoms with Gasteiger partial charge in [0.15, 0.2) is 6.10 Å². The minimum atomic E-state index is -0.805. The van der Waals surface area contributed by atoms with Crippen LogP contribution >= 0.6 is 0 Å². The highest BCUT2D eigenvalue weighted by Gasteiger charge is 2.19. The molecule has 0 aromatic rings. The predicted octanol–water partition coefficient (Wildman–Crippen LogP) is 16.9. The molecule has 0 saturated heterocycles. The maximum Gasteiger partial charge on any atom is 0.306 e. The van der Waals surface area contributed by atoms with Gasteiger partial charge in [0.25, 0.3) is 0 Å². The summed E-state index contributed by atoms with van der Waals surface area (Å²) in [5, 5.41) is 0. The van der Waals surface area contributed by atoms with Crippen LogP contribution in [0.5, 0.6) is 0 Å². The Balaban J connectivity index is 4.47. The summed E-state index contributed by atoms with van der Waals surface area (Å²) in [6.07, 6.45) is 60.7. The zero-order valence-corrected chi connectivity index (χ0v) is 40.2. The van der Waals surface area contributed by atoms with Crippen molar-refractivity contribution in [1.29, 1.82) is 0 Å². The summed E-state index contributed by atoms with van der Waals surface area (Å²) in [5.41, 5.74) is 0. The fraction of sp³-hybridized carbons (Fsp3) is 0.764. The van der Waals surface area contributed by atoms with Crippen molar-refractivity contribution >= 4 is 17.9 Å². The van der Waals surface area contributed by atoms with Crippen molar-refractivity contribution in [2.45, 2.75) is 258 Å². The zero-order chi connectivity index (χ0) is 44.4. The van der Waals surface area contributed by atoms with Crippen molar-refractivity contribution in [3.8, 4) is 0 Å². The molecule has 0 fully saturated rings. The molecule has 0 aliphatic carbocycles. The number of hydrogen-bond acceptors (Lipinski definition) is 6. The number of allylic oxidation sites excluding steroid dienone is 10. The molecular formula is C55H96O6. The highest BCUT2D eigenvalue weighted by molar-refractivity contribution is 5.71. The van der Waals surface area contributed by atoms with Gasteiger partial charge < -0.3 is 14.2 Å². The molecule has 61 heavy (non-hydrogen) atoms. The van der Waals surface area contributed by atoms with E-state index in [1.807, 2.05) is 0 Å². The molecule has 0 aromatic heterocycles. The number of unbranched alkanes of at least 4 members (excludes halogenated alkanes) is 26. The first kappa shape index (κ1) is 58.1. The van der Waals surface area contributed by atoms with Gasteiger partial charge in [0.05, 0.1) is 0 Å². The molecule has 0 amide bonds. The monoisotopic (exact) mass is 853 g/mol. The Kier molecular flexibility index (Phi) is 47.4. The first-order valence-corrected chi connectivity index (χ1v) is 25.8. The lowest BCUT2D eigenvalue weighted by molar-refractivity contribution is -0.167. The predicted molar refractivity (Wildman–Crippen MR) is 261 cm³/mol. The minimum Gasteiger partial charge on any atom is -0.462 e. The Labute approximate surface area is 377 Å². The van der Waals surface area contributed by atoms with Crippen molar-refractivity contribution in [1.82, 2.24) is 0 Å². The lowest BCUT2D eigenvalue weighted by atomic mass is 10.1. The van der Waals surface area contributed by atoms with Crippen LogP contribution in [0, 0.1) is 0 Å². The van der Waals surface area contributed by atoms with Crippen LogP contribution in [0.25, 0.3) is 0 Å². The molecule has 1 unspecified atom stereocenters. The number of carbonyl (C=O) groups excluding carboxylic acids is 3. The largest absolute Gasteiger partial charge is 0.462 e. The van der Waals surface area contributed by atoms with E-state index in [2.05, 4.69) is 81.5 Å². The minimum absolute atomic E-state index is 0.0992. The molecule has 0 N–H and O–H groups in total. The molecule has 0 aliphatic rings. The molecule has 352 valence electrons. The number of esters is 3. The van der Waals surface area contributed by atoms with Gasteiger partial charge in [0, 0.05) is 19.3 Å². The van der Waals surface area contributed by atoms with Crippen LogP contribution in [0.3, 0.4) is 0 Å². The highest BCUT2D eigenvalue weighted by Crippen LogP contribution is 2.14. The SMILES string of the molecule is CCCCCCCC/C=C\C/C=C\C/C=C\CCCC(=O)OCC(COC(=O)CCCCCCCCCCCC)OC(=O)CCCCC/C=C\C=C/CCCCCCCCC. The average molecular weight is 853 g/mol. The van der Waals surface area contributed by atoms with Gasteiger partial charge in [0.1, 0.15) is 13.2 Å². The van der Waals surface area contributed by atoms with Crippen molar-refractivity contribution in [3.05, 3.63) is 60.8 Å². The normalized spacial score (nSPS) is 12.5. The van der Waals surface area contributed by atoms with Gasteiger partial charge >= 0.3 is 17.9 Å². The van der Waals surface area contributed by atoms with Gasteiger partial charge in [-0.15, -0.1) is 0 Å². The second-order valence-corrected chi connectivity index (χ2v) is 17.1. The fourth-order valence-electron chi connectivity index (χ4n) is 7.10. The molecule has 0 aliphatic heterocycles. The number of carbonyl (C=O) groups is 3. The van der Waals surface area contributed by atoms with Gasteiger partial charge in [-0.3, -0.25) is 14.4 Å². The standard InChI is InChI=1S/C55H96O6/c1-4-7-10-13-16-19-22-24-26-28-30-31-33-36-39-42-45-48-54(57)60-51-52(50-59-53(56)47-44-41-38-35-21-18-15-12-9-6-3)61-55(58)49-46-43-40-37-34-32-29-27-25-23-20-17-14-11-8-5-2/h24,26-27,29-32,34,36,39,52H,4-23,25,28,33,35,37-38,40-51H2,1-3H3/b26-24-,29-27-,31-30-,34-32-,39-36-. The van der Waals surface area contributed by atoms with Crippen LogP contribution in [-0.4, -0.2) is 37.2 Å². The summed E-state index contributed by atoms with van der Waals surface area (Å²) in [6, 6.07) is 0. The maximum atomic E-state index is 12.8. The molecule has 6 nitrogen and oxygen atoms in total. The van der Waals surface area contributed by atoms with Crippen molar-refractivity contribution in [3.63, 3.8) is 0 Å². The molecule has 0 spiro atoms. The topological polar surface area (TPSA) is 78.9 Å². The Hall–Kier alpha value is -2.89. The number of ether oxygens (including phenoxy) is 3. The third-order valence-electron chi connectivity index (χ3n) is 11.0. The lowest BCUT2D eigenvalue weighted by Gasteiger charge is -2.18. The summed E-state index contributed by atoms with van der Waals surface area (Å²) in [4.78, 5) is 37.9. The second kappa shape index (κ2) is 49.8. The van der Waals surface area contributed by atoms with Crippen LogP contribution in [0.15, 0.2) is 60.8 Å². The van der Waals surface area contributed by atoms with Crippen LogP contribution in [0.4, 0.5) is 0 Å². The molecule has 0 aromatic carbocycles. The van der Waals surface area contributed by atoms with E-state index in [0.717, 1.165) is 70.6 Å². The molecule has 0 bridgehead atoms. The quantitative estimate of drug-likeness (QED) is 0.0200. The van der Waals surface area contributed by atoms with Gasteiger partial charge in [0.2, 0.25) is 0 Å². The van der Waals surface area contributed by atoms with Gasteiger partial charge in [-0.25, -0.2) is 0 Å².